The van der Waals surface area contributed by atoms with E-state index >= 15 is 0 Å². The molecule has 3 aromatic rings. The smallest absolute Gasteiger partial charge is 0.337 e. The van der Waals surface area contributed by atoms with Gasteiger partial charge in [-0.3, -0.25) is 14.7 Å². The number of aryl methyl sites for hydroxylation is 3. The number of rotatable bonds is 5. The lowest BCUT2D eigenvalue weighted by atomic mass is 10.1. The van der Waals surface area contributed by atoms with Crippen LogP contribution in [-0.4, -0.2) is 34.5 Å². The van der Waals surface area contributed by atoms with Crippen molar-refractivity contribution >= 4 is 17.6 Å². The standard InChI is InChI=1S/C23H24N4O4/c1-13-9-10-19(11-14(13)2)27-22(29)20(16(4)26-27)15(3)24-25-21(28)17-7-6-8-18(12-17)23(30)31-5/h6-12,26H,1-5H3,(H,25,28). The summed E-state index contributed by atoms with van der Waals surface area (Å²) < 4.78 is 6.12. The normalized spacial score (nSPS) is 11.3. The van der Waals surface area contributed by atoms with Gasteiger partial charge in [0.15, 0.2) is 0 Å². The Labute approximate surface area is 179 Å². The van der Waals surface area contributed by atoms with E-state index < -0.39 is 11.9 Å². The molecule has 2 N–H and O–H groups in total. The first-order valence-corrected chi connectivity index (χ1v) is 9.65. The van der Waals surface area contributed by atoms with Crippen LogP contribution in [-0.2, 0) is 4.74 Å². The number of benzene rings is 2. The number of aromatic amines is 1. The highest BCUT2D eigenvalue weighted by Crippen LogP contribution is 2.14. The molecule has 0 aliphatic heterocycles. The highest BCUT2D eigenvalue weighted by Gasteiger charge is 2.16. The number of carbonyl (C=O) groups excluding carboxylic acids is 2. The van der Waals surface area contributed by atoms with Gasteiger partial charge in [-0.2, -0.15) is 5.10 Å². The quantitative estimate of drug-likeness (QED) is 0.376. The molecule has 0 radical (unpaired) electrons. The summed E-state index contributed by atoms with van der Waals surface area (Å²) >= 11 is 0. The number of carbonyl (C=O) groups is 2. The zero-order valence-corrected chi connectivity index (χ0v) is 18.1. The first-order valence-electron chi connectivity index (χ1n) is 9.65. The van der Waals surface area contributed by atoms with Gasteiger partial charge in [-0.25, -0.2) is 14.9 Å². The third-order valence-electron chi connectivity index (χ3n) is 5.05. The number of amides is 1. The van der Waals surface area contributed by atoms with Crippen LogP contribution in [0, 0.1) is 20.8 Å². The molecule has 0 saturated carbocycles. The van der Waals surface area contributed by atoms with Crippen LogP contribution in [0.5, 0.6) is 0 Å². The summed E-state index contributed by atoms with van der Waals surface area (Å²) in [5, 5.41) is 7.16. The van der Waals surface area contributed by atoms with E-state index in [0.717, 1.165) is 16.8 Å². The van der Waals surface area contributed by atoms with E-state index in [1.807, 2.05) is 32.0 Å². The molecular formula is C23H24N4O4. The molecule has 0 bridgehead atoms. The third-order valence-corrected chi connectivity index (χ3v) is 5.05. The SMILES string of the molecule is COC(=O)c1cccc(C(=O)NN=C(C)c2c(C)[nH]n(-c3ccc(C)c(C)c3)c2=O)c1. The van der Waals surface area contributed by atoms with Crippen LogP contribution in [0.15, 0.2) is 52.4 Å². The van der Waals surface area contributed by atoms with Crippen LogP contribution in [0.4, 0.5) is 0 Å². The van der Waals surface area contributed by atoms with Crippen molar-refractivity contribution in [2.45, 2.75) is 27.7 Å². The van der Waals surface area contributed by atoms with Gasteiger partial charge in [-0.05, 0) is 69.2 Å². The number of hydrogen-bond donors (Lipinski definition) is 2. The molecule has 1 aromatic heterocycles. The highest BCUT2D eigenvalue weighted by atomic mass is 16.5. The van der Waals surface area contributed by atoms with E-state index in [1.54, 1.807) is 32.0 Å². The van der Waals surface area contributed by atoms with Gasteiger partial charge in [0.1, 0.15) is 0 Å². The number of esters is 1. The van der Waals surface area contributed by atoms with Gasteiger partial charge in [-0.15, -0.1) is 0 Å². The van der Waals surface area contributed by atoms with Crippen LogP contribution in [0.2, 0.25) is 0 Å². The van der Waals surface area contributed by atoms with Crippen LogP contribution >= 0.6 is 0 Å². The maximum absolute atomic E-state index is 13.0. The fourth-order valence-corrected chi connectivity index (χ4v) is 3.18. The van der Waals surface area contributed by atoms with E-state index in [2.05, 4.69) is 20.4 Å². The molecule has 2 aromatic carbocycles. The Hall–Kier alpha value is -3.94. The number of hydrogen-bond acceptors (Lipinski definition) is 5. The number of aromatic nitrogens is 2. The number of nitrogens with one attached hydrogen (secondary N) is 2. The van der Waals surface area contributed by atoms with E-state index in [1.165, 1.54) is 17.9 Å². The van der Waals surface area contributed by atoms with E-state index in [0.29, 0.717) is 17.0 Å². The Kier molecular flexibility index (Phi) is 6.20. The van der Waals surface area contributed by atoms with E-state index in [-0.39, 0.29) is 16.7 Å². The van der Waals surface area contributed by atoms with Crippen molar-refractivity contribution in [1.82, 2.24) is 15.2 Å². The first-order chi connectivity index (χ1) is 14.7. The van der Waals surface area contributed by atoms with Crippen molar-refractivity contribution in [2.75, 3.05) is 7.11 Å². The molecule has 0 saturated heterocycles. The van der Waals surface area contributed by atoms with Gasteiger partial charge in [0.2, 0.25) is 0 Å². The average Bonchev–Trinajstić information content (AvgIpc) is 3.07. The lowest BCUT2D eigenvalue weighted by molar-refractivity contribution is 0.0600. The van der Waals surface area contributed by atoms with Crippen molar-refractivity contribution in [3.8, 4) is 5.69 Å². The molecule has 1 amide bonds. The summed E-state index contributed by atoms with van der Waals surface area (Å²) in [5.41, 5.74) is 6.98. The Bertz CT molecular complexity index is 1250. The zero-order valence-electron chi connectivity index (χ0n) is 18.1. The molecule has 1 heterocycles. The Balaban J connectivity index is 1.86. The third kappa shape index (κ3) is 4.48. The van der Waals surface area contributed by atoms with Gasteiger partial charge >= 0.3 is 5.97 Å². The van der Waals surface area contributed by atoms with Gasteiger partial charge in [0.25, 0.3) is 11.5 Å². The Morgan fingerprint density at radius 1 is 1.03 bits per heavy atom. The average molecular weight is 420 g/mol. The minimum absolute atomic E-state index is 0.248. The zero-order chi connectivity index (χ0) is 22.7. The second kappa shape index (κ2) is 8.83. The van der Waals surface area contributed by atoms with Crippen LogP contribution in [0.25, 0.3) is 5.69 Å². The van der Waals surface area contributed by atoms with Crippen molar-refractivity contribution in [3.63, 3.8) is 0 Å². The molecule has 0 unspecified atom stereocenters. The predicted octanol–water partition coefficient (Wildman–Crippen LogP) is 3.03. The summed E-state index contributed by atoms with van der Waals surface area (Å²) in [6, 6.07) is 11.9. The van der Waals surface area contributed by atoms with Crippen LogP contribution in [0.3, 0.4) is 0 Å². The fourth-order valence-electron chi connectivity index (χ4n) is 3.18. The predicted molar refractivity (Wildman–Crippen MR) is 118 cm³/mol. The van der Waals surface area contributed by atoms with Gasteiger partial charge < -0.3 is 4.74 Å². The van der Waals surface area contributed by atoms with Crippen LogP contribution < -0.4 is 11.0 Å². The van der Waals surface area contributed by atoms with Crippen molar-refractivity contribution < 1.29 is 14.3 Å². The molecule has 3 rings (SSSR count). The number of hydrazone groups is 1. The fraction of sp³-hybridized carbons (Fsp3) is 0.217. The second-order valence-electron chi connectivity index (χ2n) is 7.23. The number of H-pyrrole nitrogens is 1. The molecule has 0 spiro atoms. The minimum Gasteiger partial charge on any atom is -0.465 e. The molecule has 160 valence electrons. The molecule has 0 aliphatic rings. The number of ether oxygens (including phenoxy) is 1. The molecule has 0 aliphatic carbocycles. The Morgan fingerprint density at radius 2 is 1.74 bits per heavy atom. The minimum atomic E-state index is -0.538. The van der Waals surface area contributed by atoms with Gasteiger partial charge in [0.05, 0.1) is 29.6 Å². The maximum Gasteiger partial charge on any atom is 0.337 e. The summed E-state index contributed by atoms with van der Waals surface area (Å²) in [4.78, 5) is 37.1. The molecule has 8 heteroatoms. The first kappa shape index (κ1) is 21.8. The molecule has 8 nitrogen and oxygen atoms in total. The van der Waals surface area contributed by atoms with Crippen molar-refractivity contribution in [3.05, 3.63) is 86.3 Å². The van der Waals surface area contributed by atoms with Gasteiger partial charge in [0, 0.05) is 11.3 Å². The topological polar surface area (TPSA) is 106 Å². The highest BCUT2D eigenvalue weighted by molar-refractivity contribution is 6.02. The van der Waals surface area contributed by atoms with Gasteiger partial charge in [-0.1, -0.05) is 12.1 Å². The molecular weight excluding hydrogens is 396 g/mol. The lowest BCUT2D eigenvalue weighted by Gasteiger charge is -2.05. The summed E-state index contributed by atoms with van der Waals surface area (Å²) in [7, 11) is 1.27. The summed E-state index contributed by atoms with van der Waals surface area (Å²) in [5.74, 6) is -1.04. The monoisotopic (exact) mass is 420 g/mol. The molecule has 31 heavy (non-hydrogen) atoms. The van der Waals surface area contributed by atoms with Crippen molar-refractivity contribution in [2.24, 2.45) is 5.10 Å². The van der Waals surface area contributed by atoms with E-state index in [9.17, 15) is 14.4 Å². The lowest BCUT2D eigenvalue weighted by Crippen LogP contribution is -2.23. The molecule has 0 atom stereocenters. The van der Waals surface area contributed by atoms with Crippen molar-refractivity contribution in [1.29, 1.82) is 0 Å². The largest absolute Gasteiger partial charge is 0.465 e. The number of methoxy groups -OCH3 is 1. The summed E-state index contributed by atoms with van der Waals surface area (Å²) in [6.45, 7) is 7.41. The molecule has 0 fully saturated rings. The Morgan fingerprint density at radius 3 is 2.42 bits per heavy atom. The summed E-state index contributed by atoms with van der Waals surface area (Å²) in [6.07, 6.45) is 0. The maximum atomic E-state index is 13.0. The second-order valence-corrected chi connectivity index (χ2v) is 7.23. The van der Waals surface area contributed by atoms with E-state index in [4.69, 9.17) is 0 Å². The van der Waals surface area contributed by atoms with Crippen LogP contribution in [0.1, 0.15) is 50.0 Å². The number of nitrogens with zero attached hydrogens (tertiary/aromatic N) is 2.